The van der Waals surface area contributed by atoms with E-state index in [-0.39, 0.29) is 11.8 Å². The van der Waals surface area contributed by atoms with Gasteiger partial charge in [-0.25, -0.2) is 0 Å². The number of para-hydroxylation sites is 1. The first-order chi connectivity index (χ1) is 9.25. The molecule has 3 nitrogen and oxygen atoms in total. The van der Waals surface area contributed by atoms with Crippen LogP contribution in [0.25, 0.3) is 0 Å². The van der Waals surface area contributed by atoms with Gasteiger partial charge in [-0.2, -0.15) is 0 Å². The highest BCUT2D eigenvalue weighted by Gasteiger charge is 2.30. The molecular formula is C16H17NO2. The number of phenolic OH excluding ortho intramolecular Hbond substituents is 1. The van der Waals surface area contributed by atoms with Gasteiger partial charge in [0, 0.05) is 18.5 Å². The average Bonchev–Trinajstić information content (AvgIpc) is 2.74. The summed E-state index contributed by atoms with van der Waals surface area (Å²) in [6.07, 6.45) is 0.289. The van der Waals surface area contributed by atoms with Crippen molar-refractivity contribution in [3.8, 4) is 5.75 Å². The molecule has 2 atom stereocenters. The van der Waals surface area contributed by atoms with Crippen LogP contribution in [0.15, 0.2) is 48.5 Å². The third-order valence-electron chi connectivity index (χ3n) is 3.71. The molecule has 0 aliphatic heterocycles. The molecule has 3 rings (SSSR count). The van der Waals surface area contributed by atoms with Gasteiger partial charge < -0.3 is 15.5 Å². The zero-order valence-corrected chi connectivity index (χ0v) is 10.6. The molecule has 3 heteroatoms. The number of fused-ring (bicyclic) bond motifs is 1. The molecule has 2 aromatic carbocycles. The number of aliphatic hydroxyl groups excluding tert-OH is 1. The van der Waals surface area contributed by atoms with Crippen molar-refractivity contribution in [1.29, 1.82) is 0 Å². The van der Waals surface area contributed by atoms with Crippen LogP contribution in [-0.2, 0) is 13.0 Å². The number of rotatable bonds is 3. The van der Waals surface area contributed by atoms with Crippen molar-refractivity contribution in [1.82, 2.24) is 5.32 Å². The minimum atomic E-state index is -0.400. The van der Waals surface area contributed by atoms with Gasteiger partial charge >= 0.3 is 0 Å². The van der Waals surface area contributed by atoms with Gasteiger partial charge in [0.1, 0.15) is 5.75 Å². The Balaban J connectivity index is 1.76. The van der Waals surface area contributed by atoms with E-state index in [1.54, 1.807) is 12.1 Å². The summed E-state index contributed by atoms with van der Waals surface area (Å²) in [5, 5.41) is 23.2. The van der Waals surface area contributed by atoms with E-state index in [1.165, 1.54) is 5.56 Å². The number of hydrogen-bond donors (Lipinski definition) is 3. The van der Waals surface area contributed by atoms with Gasteiger partial charge in [-0.3, -0.25) is 0 Å². The van der Waals surface area contributed by atoms with E-state index in [0.29, 0.717) is 13.0 Å². The normalized spacial score (nSPS) is 21.3. The first-order valence-electron chi connectivity index (χ1n) is 6.52. The average molecular weight is 255 g/mol. The molecule has 1 aliphatic carbocycles. The minimum Gasteiger partial charge on any atom is -0.508 e. The van der Waals surface area contributed by atoms with Crippen LogP contribution >= 0.6 is 0 Å². The second kappa shape index (κ2) is 5.03. The molecule has 1 aliphatic rings. The fraction of sp³-hybridized carbons (Fsp3) is 0.250. The minimum absolute atomic E-state index is 0.0594. The first kappa shape index (κ1) is 12.2. The van der Waals surface area contributed by atoms with Crippen molar-refractivity contribution in [3.05, 3.63) is 65.2 Å². The summed E-state index contributed by atoms with van der Waals surface area (Å²) in [7, 11) is 0. The summed E-state index contributed by atoms with van der Waals surface area (Å²) < 4.78 is 0. The summed E-state index contributed by atoms with van der Waals surface area (Å²) in [6.45, 7) is 0.544. The molecule has 0 radical (unpaired) electrons. The highest BCUT2D eigenvalue weighted by Crippen LogP contribution is 2.31. The fourth-order valence-corrected chi connectivity index (χ4v) is 2.70. The molecular weight excluding hydrogens is 238 g/mol. The van der Waals surface area contributed by atoms with Crippen LogP contribution in [0, 0.1) is 0 Å². The van der Waals surface area contributed by atoms with E-state index < -0.39 is 6.10 Å². The van der Waals surface area contributed by atoms with Crippen LogP contribution in [-0.4, -0.2) is 16.3 Å². The maximum Gasteiger partial charge on any atom is 0.120 e. The van der Waals surface area contributed by atoms with Crippen molar-refractivity contribution < 1.29 is 10.2 Å². The molecule has 0 saturated heterocycles. The summed E-state index contributed by atoms with van der Waals surface area (Å²) in [5.74, 6) is 0.288. The maximum absolute atomic E-state index is 10.1. The van der Waals surface area contributed by atoms with Crippen LogP contribution < -0.4 is 5.32 Å². The maximum atomic E-state index is 10.1. The quantitative estimate of drug-likeness (QED) is 0.787. The molecule has 0 saturated carbocycles. The van der Waals surface area contributed by atoms with Crippen molar-refractivity contribution in [2.45, 2.75) is 25.1 Å². The highest BCUT2D eigenvalue weighted by atomic mass is 16.3. The summed E-state index contributed by atoms with van der Waals surface area (Å²) in [4.78, 5) is 0. The third-order valence-corrected chi connectivity index (χ3v) is 3.71. The second-order valence-electron chi connectivity index (χ2n) is 4.96. The van der Waals surface area contributed by atoms with E-state index in [4.69, 9.17) is 0 Å². The van der Waals surface area contributed by atoms with Crippen LogP contribution in [0.2, 0.25) is 0 Å². The van der Waals surface area contributed by atoms with Crippen molar-refractivity contribution in [2.24, 2.45) is 0 Å². The first-order valence-corrected chi connectivity index (χ1v) is 6.52. The molecule has 0 spiro atoms. The van der Waals surface area contributed by atoms with Crippen LogP contribution in [0.4, 0.5) is 0 Å². The SMILES string of the molecule is Oc1ccccc1CN[C@@H]1c2ccccc2C[C@@H]1O. The zero-order chi connectivity index (χ0) is 13.2. The lowest BCUT2D eigenvalue weighted by atomic mass is 10.1. The van der Waals surface area contributed by atoms with Gasteiger partial charge in [0.05, 0.1) is 12.1 Å². The van der Waals surface area contributed by atoms with E-state index in [1.807, 2.05) is 30.3 Å². The number of hydrogen-bond acceptors (Lipinski definition) is 3. The molecule has 3 N–H and O–H groups in total. The van der Waals surface area contributed by atoms with E-state index in [9.17, 15) is 10.2 Å². The monoisotopic (exact) mass is 255 g/mol. The molecule has 0 aromatic heterocycles. The largest absolute Gasteiger partial charge is 0.508 e. The van der Waals surface area contributed by atoms with Gasteiger partial charge in [0.15, 0.2) is 0 Å². The predicted molar refractivity (Wildman–Crippen MR) is 73.8 cm³/mol. The third kappa shape index (κ3) is 2.35. The molecule has 98 valence electrons. The van der Waals surface area contributed by atoms with Gasteiger partial charge in [0.2, 0.25) is 0 Å². The number of aromatic hydroxyl groups is 1. The Morgan fingerprint density at radius 2 is 1.79 bits per heavy atom. The summed E-state index contributed by atoms with van der Waals surface area (Å²) >= 11 is 0. The Kier molecular flexibility index (Phi) is 3.23. The Hall–Kier alpha value is -1.84. The predicted octanol–water partition coefficient (Wildman–Crippen LogP) is 2.14. The Bertz CT molecular complexity index is 582. The van der Waals surface area contributed by atoms with Gasteiger partial charge in [0.25, 0.3) is 0 Å². The Morgan fingerprint density at radius 3 is 2.63 bits per heavy atom. The fourth-order valence-electron chi connectivity index (χ4n) is 2.70. The smallest absolute Gasteiger partial charge is 0.120 e. The lowest BCUT2D eigenvalue weighted by molar-refractivity contribution is 0.140. The molecule has 19 heavy (non-hydrogen) atoms. The number of nitrogens with one attached hydrogen (secondary N) is 1. The van der Waals surface area contributed by atoms with Crippen molar-refractivity contribution in [3.63, 3.8) is 0 Å². The molecule has 0 bridgehead atoms. The zero-order valence-electron chi connectivity index (χ0n) is 10.6. The van der Waals surface area contributed by atoms with Gasteiger partial charge in [-0.1, -0.05) is 42.5 Å². The molecule has 0 heterocycles. The van der Waals surface area contributed by atoms with E-state index in [2.05, 4.69) is 11.4 Å². The van der Waals surface area contributed by atoms with Crippen LogP contribution in [0.5, 0.6) is 5.75 Å². The second-order valence-corrected chi connectivity index (χ2v) is 4.96. The van der Waals surface area contributed by atoms with Crippen molar-refractivity contribution in [2.75, 3.05) is 0 Å². The lowest BCUT2D eigenvalue weighted by Gasteiger charge is -2.18. The van der Waals surface area contributed by atoms with Gasteiger partial charge in [-0.05, 0) is 17.2 Å². The summed E-state index contributed by atoms with van der Waals surface area (Å²) in [6, 6.07) is 15.3. The molecule has 2 aromatic rings. The lowest BCUT2D eigenvalue weighted by Crippen LogP contribution is -2.28. The molecule has 0 amide bonds. The van der Waals surface area contributed by atoms with Crippen molar-refractivity contribution >= 4 is 0 Å². The van der Waals surface area contributed by atoms with E-state index in [0.717, 1.165) is 11.1 Å². The number of benzene rings is 2. The van der Waals surface area contributed by atoms with Gasteiger partial charge in [-0.15, -0.1) is 0 Å². The Morgan fingerprint density at radius 1 is 1.05 bits per heavy atom. The number of phenols is 1. The Labute approximate surface area is 112 Å². The standard InChI is InChI=1S/C16H17NO2/c18-14-8-4-2-6-12(14)10-17-16-13-7-3-1-5-11(13)9-15(16)19/h1-8,15-19H,9-10H2/t15-,16+/m0/s1. The molecule has 0 fully saturated rings. The van der Waals surface area contributed by atoms with Crippen LogP contribution in [0.1, 0.15) is 22.7 Å². The number of aliphatic hydroxyl groups is 1. The van der Waals surface area contributed by atoms with Crippen LogP contribution in [0.3, 0.4) is 0 Å². The summed E-state index contributed by atoms with van der Waals surface area (Å²) in [5.41, 5.74) is 3.20. The molecule has 0 unspecified atom stereocenters. The van der Waals surface area contributed by atoms with E-state index >= 15 is 0 Å². The highest BCUT2D eigenvalue weighted by molar-refractivity contribution is 5.37. The topological polar surface area (TPSA) is 52.5 Å².